The monoisotopic (exact) mass is 466 g/mol. The predicted molar refractivity (Wildman–Crippen MR) is 134 cm³/mol. The van der Waals surface area contributed by atoms with Crippen LogP contribution in [0.3, 0.4) is 0 Å². The smallest absolute Gasteiger partial charge is 0.339 e. The highest BCUT2D eigenvalue weighted by Gasteiger charge is 2.21. The Morgan fingerprint density at radius 1 is 1.06 bits per heavy atom. The Bertz CT molecular complexity index is 1150. The highest BCUT2D eigenvalue weighted by molar-refractivity contribution is 5.97. The Hall–Kier alpha value is -3.12. The van der Waals surface area contributed by atoms with Crippen LogP contribution in [0.25, 0.3) is 11.1 Å². The quantitative estimate of drug-likeness (QED) is 0.387. The molecule has 3 rings (SSSR count). The van der Waals surface area contributed by atoms with Crippen LogP contribution in [-0.2, 0) is 24.2 Å². The van der Waals surface area contributed by atoms with E-state index in [0.717, 1.165) is 24.1 Å². The number of aryl methyl sites for hydroxylation is 1. The molecule has 1 aromatic heterocycles. The molecule has 1 heterocycles. The number of ether oxygens (including phenoxy) is 2. The van der Waals surface area contributed by atoms with Gasteiger partial charge >= 0.3 is 5.97 Å². The Morgan fingerprint density at radius 2 is 1.79 bits per heavy atom. The first-order valence-corrected chi connectivity index (χ1v) is 11.8. The van der Waals surface area contributed by atoms with Crippen molar-refractivity contribution in [2.24, 2.45) is 5.73 Å². The molecule has 2 N–H and O–H groups in total. The molecule has 2 aromatic carbocycles. The number of carbonyl (C=O) groups excluding carboxylic acids is 1. The Balaban J connectivity index is 1.95. The molecular weight excluding hydrogens is 431 g/mol. The molecule has 0 amide bonds. The number of hydrogen-bond donors (Lipinski definition) is 1. The lowest BCUT2D eigenvalue weighted by molar-refractivity contribution is 0.00704. The molecule has 0 bridgehead atoms. The highest BCUT2D eigenvalue weighted by atomic mass is 19.1. The average Bonchev–Trinajstić information content (AvgIpc) is 3.14. The van der Waals surface area contributed by atoms with Crippen LogP contribution >= 0.6 is 0 Å². The molecular formula is C28H35FN2O3. The van der Waals surface area contributed by atoms with Crippen molar-refractivity contribution in [3.8, 4) is 17.0 Å². The van der Waals surface area contributed by atoms with Crippen LogP contribution in [0.1, 0.15) is 68.2 Å². The summed E-state index contributed by atoms with van der Waals surface area (Å²) in [5.74, 6) is -0.0807. The number of halogens is 1. The van der Waals surface area contributed by atoms with Crippen molar-refractivity contribution in [1.29, 1.82) is 0 Å². The lowest BCUT2D eigenvalue weighted by Crippen LogP contribution is -2.24. The SMILES string of the molecule is CCCOc1cc(CC)c(CN)n1Cc1ccc(-c2ccccc2C(=O)OC(C)(C)C)cc1F. The van der Waals surface area contributed by atoms with Gasteiger partial charge in [0.1, 0.15) is 11.4 Å². The van der Waals surface area contributed by atoms with Gasteiger partial charge in [-0.2, -0.15) is 0 Å². The Kier molecular flexibility index (Phi) is 8.15. The number of carbonyl (C=O) groups is 1. The fraction of sp³-hybridized carbons (Fsp3) is 0.393. The van der Waals surface area contributed by atoms with Gasteiger partial charge in [-0.25, -0.2) is 9.18 Å². The van der Waals surface area contributed by atoms with Crippen LogP contribution in [0, 0.1) is 5.82 Å². The van der Waals surface area contributed by atoms with E-state index in [-0.39, 0.29) is 5.82 Å². The Labute approximate surface area is 201 Å². The van der Waals surface area contributed by atoms with Crippen molar-refractivity contribution >= 4 is 5.97 Å². The molecule has 182 valence electrons. The van der Waals surface area contributed by atoms with Gasteiger partial charge in [-0.05, 0) is 62.4 Å². The third-order valence-corrected chi connectivity index (χ3v) is 5.53. The van der Waals surface area contributed by atoms with Gasteiger partial charge in [0.15, 0.2) is 5.88 Å². The zero-order chi connectivity index (χ0) is 24.9. The van der Waals surface area contributed by atoms with Crippen molar-refractivity contribution in [3.05, 3.63) is 76.7 Å². The second kappa shape index (κ2) is 10.9. The molecule has 3 aromatic rings. The third-order valence-electron chi connectivity index (χ3n) is 5.53. The molecule has 0 aliphatic rings. The fourth-order valence-corrected chi connectivity index (χ4v) is 3.92. The maximum Gasteiger partial charge on any atom is 0.339 e. The summed E-state index contributed by atoms with van der Waals surface area (Å²) < 4.78 is 28.8. The minimum atomic E-state index is -0.619. The largest absolute Gasteiger partial charge is 0.479 e. The van der Waals surface area contributed by atoms with Crippen LogP contribution in [-0.4, -0.2) is 22.7 Å². The summed E-state index contributed by atoms with van der Waals surface area (Å²) >= 11 is 0. The predicted octanol–water partition coefficient (Wildman–Crippen LogP) is 6.11. The average molecular weight is 467 g/mol. The van der Waals surface area contributed by atoms with Crippen LogP contribution in [0.15, 0.2) is 48.5 Å². The van der Waals surface area contributed by atoms with E-state index in [1.807, 2.05) is 50.5 Å². The molecule has 6 heteroatoms. The zero-order valence-corrected chi connectivity index (χ0v) is 20.8. The molecule has 0 aliphatic heterocycles. The number of rotatable bonds is 9. The standard InChI is InChI=1S/C28H35FN2O3/c1-6-14-33-26-16-19(7-2)25(17-30)31(26)18-21-13-12-20(15-24(21)29)22-10-8-9-11-23(22)27(32)34-28(3,4)5/h8-13,15-16H,6-7,14,17-18,30H2,1-5H3. The van der Waals surface area contributed by atoms with Crippen molar-refractivity contribution < 1.29 is 18.7 Å². The summed E-state index contributed by atoms with van der Waals surface area (Å²) in [6.07, 6.45) is 1.70. The van der Waals surface area contributed by atoms with Gasteiger partial charge < -0.3 is 19.8 Å². The van der Waals surface area contributed by atoms with Crippen LogP contribution in [0.5, 0.6) is 5.88 Å². The van der Waals surface area contributed by atoms with Gasteiger partial charge in [0.05, 0.1) is 18.7 Å². The van der Waals surface area contributed by atoms with Crippen LogP contribution in [0.2, 0.25) is 0 Å². The number of nitrogens with two attached hydrogens (primary N) is 1. The Morgan fingerprint density at radius 3 is 2.41 bits per heavy atom. The van der Waals surface area contributed by atoms with Gasteiger partial charge in [0, 0.05) is 23.9 Å². The van der Waals surface area contributed by atoms with E-state index in [4.69, 9.17) is 15.2 Å². The summed E-state index contributed by atoms with van der Waals surface area (Å²) in [4.78, 5) is 12.7. The van der Waals surface area contributed by atoms with Crippen LogP contribution < -0.4 is 10.5 Å². The fourth-order valence-electron chi connectivity index (χ4n) is 3.92. The van der Waals surface area contributed by atoms with Crippen molar-refractivity contribution in [1.82, 2.24) is 4.57 Å². The van der Waals surface area contributed by atoms with Crippen molar-refractivity contribution in [2.75, 3.05) is 6.61 Å². The van der Waals surface area contributed by atoms with Gasteiger partial charge in [0.25, 0.3) is 0 Å². The second-order valence-electron chi connectivity index (χ2n) is 9.30. The van der Waals surface area contributed by atoms with E-state index in [9.17, 15) is 4.79 Å². The molecule has 0 saturated carbocycles. The number of benzene rings is 2. The molecule has 5 nitrogen and oxygen atoms in total. The number of esters is 1. The lowest BCUT2D eigenvalue weighted by Gasteiger charge is -2.20. The molecule has 0 unspecified atom stereocenters. The topological polar surface area (TPSA) is 66.5 Å². The lowest BCUT2D eigenvalue weighted by atomic mass is 9.98. The third kappa shape index (κ3) is 5.86. The van der Waals surface area contributed by atoms with Gasteiger partial charge in [0.2, 0.25) is 0 Å². The van der Waals surface area contributed by atoms with Gasteiger partial charge in [-0.1, -0.05) is 44.2 Å². The first-order chi connectivity index (χ1) is 16.2. The minimum Gasteiger partial charge on any atom is -0.479 e. The molecule has 34 heavy (non-hydrogen) atoms. The number of aromatic nitrogens is 1. The first kappa shape index (κ1) is 25.5. The second-order valence-corrected chi connectivity index (χ2v) is 9.30. The van der Waals surface area contributed by atoms with Gasteiger partial charge in [-0.3, -0.25) is 0 Å². The zero-order valence-electron chi connectivity index (χ0n) is 20.8. The van der Waals surface area contributed by atoms with E-state index < -0.39 is 11.6 Å². The van der Waals surface area contributed by atoms with E-state index in [0.29, 0.717) is 47.8 Å². The minimum absolute atomic E-state index is 0.311. The van der Waals surface area contributed by atoms with E-state index in [2.05, 4.69) is 6.92 Å². The number of hydrogen-bond acceptors (Lipinski definition) is 4. The normalized spacial score (nSPS) is 11.5. The summed E-state index contributed by atoms with van der Waals surface area (Å²) in [5.41, 5.74) is 9.65. The maximum atomic E-state index is 15.3. The molecule has 0 fully saturated rings. The molecule has 0 atom stereocenters. The molecule has 0 aliphatic carbocycles. The van der Waals surface area contributed by atoms with Gasteiger partial charge in [-0.15, -0.1) is 0 Å². The van der Waals surface area contributed by atoms with E-state index in [1.54, 1.807) is 24.3 Å². The van der Waals surface area contributed by atoms with Crippen molar-refractivity contribution in [3.63, 3.8) is 0 Å². The highest BCUT2D eigenvalue weighted by Crippen LogP contribution is 2.30. The number of nitrogens with zero attached hydrogens (tertiary/aromatic N) is 1. The maximum absolute atomic E-state index is 15.3. The van der Waals surface area contributed by atoms with Crippen LogP contribution in [0.4, 0.5) is 4.39 Å². The summed E-state index contributed by atoms with van der Waals surface area (Å²) in [6.45, 7) is 10.8. The molecule has 0 spiro atoms. The summed E-state index contributed by atoms with van der Waals surface area (Å²) in [5, 5.41) is 0. The van der Waals surface area contributed by atoms with E-state index in [1.165, 1.54) is 6.07 Å². The van der Waals surface area contributed by atoms with E-state index >= 15 is 4.39 Å². The molecule has 0 saturated heterocycles. The first-order valence-electron chi connectivity index (χ1n) is 11.8. The summed E-state index contributed by atoms with van der Waals surface area (Å²) in [6, 6.07) is 14.2. The molecule has 0 radical (unpaired) electrons. The summed E-state index contributed by atoms with van der Waals surface area (Å²) in [7, 11) is 0. The van der Waals surface area contributed by atoms with Crippen molar-refractivity contribution in [2.45, 2.75) is 66.2 Å².